The molecule has 2 heterocycles. The molecule has 1 unspecified atom stereocenters. The molecule has 0 fully saturated rings. The van der Waals surface area contributed by atoms with Gasteiger partial charge in [0.05, 0.1) is 17.8 Å². The van der Waals surface area contributed by atoms with Gasteiger partial charge in [0.2, 0.25) is 0 Å². The number of halogens is 2. The number of fused-ring (bicyclic) bond motifs is 1. The Bertz CT molecular complexity index is 1520. The highest BCUT2D eigenvalue weighted by atomic mass is 35.5. The zero-order valence-electron chi connectivity index (χ0n) is 18.8. The van der Waals surface area contributed by atoms with E-state index in [0.29, 0.717) is 10.4 Å². The van der Waals surface area contributed by atoms with Gasteiger partial charge in [-0.3, -0.25) is 14.4 Å². The molecule has 0 aliphatic heterocycles. The maximum atomic E-state index is 12.9. The lowest BCUT2D eigenvalue weighted by Gasteiger charge is -2.14. The van der Waals surface area contributed by atoms with Crippen LogP contribution in [-0.4, -0.2) is 40.4 Å². The summed E-state index contributed by atoms with van der Waals surface area (Å²) in [5.74, 6) is -1.15. The van der Waals surface area contributed by atoms with Crippen LogP contribution < -0.4 is 26.7 Å². The van der Waals surface area contributed by atoms with E-state index in [4.69, 9.17) is 33.7 Å². The number of ether oxygens (including phenoxy) is 1. The Morgan fingerprint density at radius 3 is 2.69 bits per heavy atom. The number of aromatic nitrogens is 3. The average Bonchev–Trinajstić information content (AvgIpc) is 2.87. The van der Waals surface area contributed by atoms with Gasteiger partial charge in [-0.15, -0.1) is 0 Å². The van der Waals surface area contributed by atoms with Crippen molar-refractivity contribution in [2.24, 2.45) is 5.73 Å². The fourth-order valence-electron chi connectivity index (χ4n) is 3.36. The number of nitrogens with zero attached hydrogens (tertiary/aromatic N) is 2. The highest BCUT2D eigenvalue weighted by Gasteiger charge is 2.17. The zero-order chi connectivity index (χ0) is 25.8. The summed E-state index contributed by atoms with van der Waals surface area (Å²) >= 11 is 12.2. The number of aromatic amines is 1. The number of hydrogen-bond acceptors (Lipinski definition) is 7. The van der Waals surface area contributed by atoms with Gasteiger partial charge in [0, 0.05) is 34.8 Å². The normalized spacial score (nSPS) is 11.7. The number of hydrogen-bond donors (Lipinski definition) is 4. The predicted octanol–water partition coefficient (Wildman–Crippen LogP) is 3.32. The first-order valence-electron chi connectivity index (χ1n) is 10.6. The molecule has 4 rings (SSSR count). The first kappa shape index (κ1) is 25.1. The Labute approximate surface area is 214 Å². The summed E-state index contributed by atoms with van der Waals surface area (Å²) in [6.07, 6.45) is 1.42. The maximum Gasteiger partial charge on any atom is 0.318 e. The smallest absolute Gasteiger partial charge is 0.318 e. The Morgan fingerprint density at radius 1 is 1.14 bits per heavy atom. The molecule has 10 nitrogen and oxygen atoms in total. The number of anilines is 1. The number of rotatable bonds is 7. The van der Waals surface area contributed by atoms with Gasteiger partial charge in [-0.25, -0.2) is 4.98 Å². The van der Waals surface area contributed by atoms with Crippen LogP contribution in [0.2, 0.25) is 10.0 Å². The van der Waals surface area contributed by atoms with Crippen molar-refractivity contribution in [2.45, 2.75) is 6.04 Å². The van der Waals surface area contributed by atoms with Gasteiger partial charge in [0.1, 0.15) is 11.2 Å². The summed E-state index contributed by atoms with van der Waals surface area (Å²) < 4.78 is 4.94. The van der Waals surface area contributed by atoms with E-state index in [1.54, 1.807) is 18.2 Å². The molecule has 2 aromatic carbocycles. The number of H-pyrrole nitrogens is 1. The SMILES string of the molecule is COc1ncc2cc(C(=O)Nc3cc(C(=O)NCC(N)c4cccc(Cl)c4)ccc3Cl)c(=O)[nH]c2n1. The van der Waals surface area contributed by atoms with Gasteiger partial charge in [-0.05, 0) is 42.0 Å². The highest BCUT2D eigenvalue weighted by molar-refractivity contribution is 6.34. The zero-order valence-corrected chi connectivity index (χ0v) is 20.4. The Kier molecular flexibility index (Phi) is 7.49. The standard InChI is InChI=1S/C24H20Cl2N6O4/c1-36-24-29-10-14-8-16(23(35)31-20(14)32-24)22(34)30-19-9-13(5-6-17(19)26)21(33)28-11-18(27)12-3-2-4-15(25)7-12/h2-10,18H,11,27H2,1H3,(H,28,33)(H,30,34)(H,29,31,32,35). The third kappa shape index (κ3) is 5.62. The van der Waals surface area contributed by atoms with Crippen LogP contribution in [0.4, 0.5) is 5.69 Å². The van der Waals surface area contributed by atoms with E-state index in [-0.39, 0.29) is 40.0 Å². The van der Waals surface area contributed by atoms with Crippen LogP contribution in [0.3, 0.4) is 0 Å². The molecule has 36 heavy (non-hydrogen) atoms. The molecule has 0 saturated heterocycles. The fourth-order valence-corrected chi connectivity index (χ4v) is 3.72. The maximum absolute atomic E-state index is 12.9. The molecule has 1 atom stereocenters. The van der Waals surface area contributed by atoms with Gasteiger partial charge in [-0.2, -0.15) is 4.98 Å². The Morgan fingerprint density at radius 2 is 1.94 bits per heavy atom. The number of methoxy groups -OCH3 is 1. The van der Waals surface area contributed by atoms with Crippen molar-refractivity contribution < 1.29 is 14.3 Å². The Balaban J connectivity index is 1.49. The molecule has 0 aliphatic rings. The molecular weight excluding hydrogens is 507 g/mol. The molecule has 12 heteroatoms. The molecule has 5 N–H and O–H groups in total. The van der Waals surface area contributed by atoms with Gasteiger partial charge >= 0.3 is 6.01 Å². The van der Waals surface area contributed by atoms with Crippen molar-refractivity contribution in [3.8, 4) is 6.01 Å². The third-order valence-electron chi connectivity index (χ3n) is 5.23. The van der Waals surface area contributed by atoms with Gasteiger partial charge in [0.15, 0.2) is 0 Å². The third-order valence-corrected chi connectivity index (χ3v) is 5.80. The number of amides is 2. The van der Waals surface area contributed by atoms with E-state index < -0.39 is 23.4 Å². The molecule has 0 radical (unpaired) electrons. The summed E-state index contributed by atoms with van der Waals surface area (Å²) in [6, 6.07) is 12.4. The molecule has 4 aromatic rings. The van der Waals surface area contributed by atoms with Crippen LogP contribution in [0.1, 0.15) is 32.3 Å². The van der Waals surface area contributed by atoms with Gasteiger partial charge < -0.3 is 26.1 Å². The molecule has 0 saturated carbocycles. The highest BCUT2D eigenvalue weighted by Crippen LogP contribution is 2.24. The van der Waals surface area contributed by atoms with E-state index in [1.807, 2.05) is 6.07 Å². The van der Waals surface area contributed by atoms with Crippen molar-refractivity contribution in [1.29, 1.82) is 0 Å². The first-order chi connectivity index (χ1) is 17.2. The van der Waals surface area contributed by atoms with Crippen LogP contribution in [0.5, 0.6) is 6.01 Å². The monoisotopic (exact) mass is 526 g/mol. The second-order valence-corrected chi connectivity index (χ2v) is 8.54. The lowest BCUT2D eigenvalue weighted by atomic mass is 10.1. The van der Waals surface area contributed by atoms with E-state index >= 15 is 0 Å². The predicted molar refractivity (Wildman–Crippen MR) is 137 cm³/mol. The largest absolute Gasteiger partial charge is 0.467 e. The summed E-state index contributed by atoms with van der Waals surface area (Å²) in [4.78, 5) is 48.5. The topological polar surface area (TPSA) is 152 Å². The number of carbonyl (C=O) groups excluding carboxylic acids is 2. The van der Waals surface area contributed by atoms with Gasteiger partial charge in [-0.1, -0.05) is 35.3 Å². The van der Waals surface area contributed by atoms with Crippen molar-refractivity contribution in [3.05, 3.63) is 91.8 Å². The van der Waals surface area contributed by atoms with Crippen LogP contribution >= 0.6 is 23.2 Å². The number of benzene rings is 2. The summed E-state index contributed by atoms with van der Waals surface area (Å²) in [6.45, 7) is 0.156. The lowest BCUT2D eigenvalue weighted by molar-refractivity contribution is 0.0949. The quantitative estimate of drug-likeness (QED) is 0.288. The Hall–Kier alpha value is -3.99. The molecule has 2 aromatic heterocycles. The summed E-state index contributed by atoms with van der Waals surface area (Å²) in [5, 5.41) is 6.47. The summed E-state index contributed by atoms with van der Waals surface area (Å²) in [5.41, 5.74) is 6.67. The van der Waals surface area contributed by atoms with Crippen molar-refractivity contribution in [1.82, 2.24) is 20.3 Å². The average molecular weight is 527 g/mol. The lowest BCUT2D eigenvalue weighted by Crippen LogP contribution is -2.32. The summed E-state index contributed by atoms with van der Waals surface area (Å²) in [7, 11) is 1.40. The van der Waals surface area contributed by atoms with E-state index in [1.165, 1.54) is 37.6 Å². The van der Waals surface area contributed by atoms with Crippen molar-refractivity contribution >= 4 is 51.7 Å². The van der Waals surface area contributed by atoms with Crippen LogP contribution in [0, 0.1) is 0 Å². The number of carbonyl (C=O) groups is 2. The molecule has 2 amide bonds. The molecule has 184 valence electrons. The molecular formula is C24H20Cl2N6O4. The van der Waals surface area contributed by atoms with E-state index in [2.05, 4.69) is 25.6 Å². The first-order valence-corrected chi connectivity index (χ1v) is 11.3. The van der Waals surface area contributed by atoms with Crippen LogP contribution in [0.15, 0.2) is 59.5 Å². The minimum atomic E-state index is -0.726. The minimum Gasteiger partial charge on any atom is -0.467 e. The van der Waals surface area contributed by atoms with E-state index in [0.717, 1.165) is 5.56 Å². The van der Waals surface area contributed by atoms with Crippen molar-refractivity contribution in [3.63, 3.8) is 0 Å². The number of nitrogens with two attached hydrogens (primary N) is 1. The fraction of sp³-hybridized carbons (Fsp3) is 0.125. The number of nitrogens with one attached hydrogen (secondary N) is 3. The number of pyridine rings is 1. The van der Waals surface area contributed by atoms with Crippen molar-refractivity contribution in [2.75, 3.05) is 19.0 Å². The minimum absolute atomic E-state index is 0.0748. The van der Waals surface area contributed by atoms with Crippen LogP contribution in [-0.2, 0) is 0 Å². The van der Waals surface area contributed by atoms with Crippen LogP contribution in [0.25, 0.3) is 11.0 Å². The second kappa shape index (κ2) is 10.7. The van der Waals surface area contributed by atoms with E-state index in [9.17, 15) is 14.4 Å². The molecule has 0 bridgehead atoms. The molecule has 0 spiro atoms. The second-order valence-electron chi connectivity index (χ2n) is 7.69. The molecule has 0 aliphatic carbocycles. The van der Waals surface area contributed by atoms with Gasteiger partial charge in [0.25, 0.3) is 17.4 Å².